The van der Waals surface area contributed by atoms with Crippen LogP contribution in [0.2, 0.25) is 0 Å². The van der Waals surface area contributed by atoms with Crippen molar-refractivity contribution < 1.29 is 9.47 Å². The molecular formula is C22H23NO2. The van der Waals surface area contributed by atoms with E-state index in [-0.39, 0.29) is 0 Å². The molecule has 0 saturated heterocycles. The molecule has 0 spiro atoms. The van der Waals surface area contributed by atoms with E-state index in [2.05, 4.69) is 36.5 Å². The monoisotopic (exact) mass is 333 g/mol. The minimum atomic E-state index is 0.498. The molecule has 0 aromatic heterocycles. The maximum atomic E-state index is 5.88. The van der Waals surface area contributed by atoms with Crippen molar-refractivity contribution in [2.45, 2.75) is 13.5 Å². The third-order valence-electron chi connectivity index (χ3n) is 3.84. The van der Waals surface area contributed by atoms with Crippen LogP contribution < -0.4 is 14.8 Å². The number of benzene rings is 3. The van der Waals surface area contributed by atoms with E-state index in [9.17, 15) is 0 Å². The second kappa shape index (κ2) is 8.78. The molecule has 0 radical (unpaired) electrons. The molecule has 0 atom stereocenters. The van der Waals surface area contributed by atoms with Crippen LogP contribution in [0.15, 0.2) is 78.9 Å². The Balaban J connectivity index is 1.51. The van der Waals surface area contributed by atoms with Gasteiger partial charge in [0.05, 0.1) is 5.69 Å². The highest BCUT2D eigenvalue weighted by Crippen LogP contribution is 2.24. The lowest BCUT2D eigenvalue weighted by atomic mass is 10.1. The van der Waals surface area contributed by atoms with Gasteiger partial charge in [0, 0.05) is 6.54 Å². The van der Waals surface area contributed by atoms with Crippen LogP contribution in [-0.4, -0.2) is 13.2 Å². The van der Waals surface area contributed by atoms with Crippen molar-refractivity contribution in [2.24, 2.45) is 0 Å². The summed E-state index contributed by atoms with van der Waals surface area (Å²) >= 11 is 0. The smallest absolute Gasteiger partial charge is 0.142 e. The van der Waals surface area contributed by atoms with Crippen LogP contribution in [0.5, 0.6) is 11.5 Å². The van der Waals surface area contributed by atoms with Gasteiger partial charge in [-0.25, -0.2) is 0 Å². The Hall–Kier alpha value is -2.94. The third kappa shape index (κ3) is 5.28. The van der Waals surface area contributed by atoms with Crippen LogP contribution in [0.3, 0.4) is 0 Å². The predicted molar refractivity (Wildman–Crippen MR) is 102 cm³/mol. The second-order valence-electron chi connectivity index (χ2n) is 5.85. The van der Waals surface area contributed by atoms with Gasteiger partial charge in [-0.1, -0.05) is 60.2 Å². The normalized spacial score (nSPS) is 10.3. The SMILES string of the molecule is Cc1ccc(CNc2ccccc2OCCOc2ccccc2)cc1. The first-order chi connectivity index (χ1) is 12.3. The molecule has 0 aliphatic carbocycles. The Labute approximate surface area is 149 Å². The quantitative estimate of drug-likeness (QED) is 0.584. The van der Waals surface area contributed by atoms with Crippen molar-refractivity contribution in [1.29, 1.82) is 0 Å². The number of hydrogen-bond donors (Lipinski definition) is 1. The molecule has 0 bridgehead atoms. The molecule has 0 fully saturated rings. The fourth-order valence-corrected chi connectivity index (χ4v) is 2.47. The summed E-state index contributed by atoms with van der Waals surface area (Å²) in [5.74, 6) is 1.70. The Morgan fingerprint density at radius 3 is 2.20 bits per heavy atom. The largest absolute Gasteiger partial charge is 0.490 e. The molecule has 25 heavy (non-hydrogen) atoms. The van der Waals surface area contributed by atoms with E-state index in [0.29, 0.717) is 13.2 Å². The van der Waals surface area contributed by atoms with Gasteiger partial charge in [0.1, 0.15) is 24.7 Å². The van der Waals surface area contributed by atoms with Crippen molar-refractivity contribution in [1.82, 2.24) is 0 Å². The standard InChI is InChI=1S/C22H23NO2/c1-18-11-13-19(14-12-18)17-23-21-9-5-6-10-22(21)25-16-15-24-20-7-3-2-4-8-20/h2-14,23H,15-17H2,1H3. The van der Waals surface area contributed by atoms with Crippen molar-refractivity contribution in [2.75, 3.05) is 18.5 Å². The van der Waals surface area contributed by atoms with Crippen molar-refractivity contribution >= 4 is 5.69 Å². The van der Waals surface area contributed by atoms with Gasteiger partial charge in [-0.15, -0.1) is 0 Å². The Morgan fingerprint density at radius 2 is 1.40 bits per heavy atom. The van der Waals surface area contributed by atoms with Gasteiger partial charge in [-0.3, -0.25) is 0 Å². The lowest BCUT2D eigenvalue weighted by Gasteiger charge is -2.14. The number of ether oxygens (including phenoxy) is 2. The topological polar surface area (TPSA) is 30.5 Å². The molecule has 0 saturated carbocycles. The van der Waals surface area contributed by atoms with Gasteiger partial charge in [-0.05, 0) is 36.8 Å². The predicted octanol–water partition coefficient (Wildman–Crippen LogP) is 5.06. The maximum absolute atomic E-state index is 5.88. The fraction of sp³-hybridized carbons (Fsp3) is 0.182. The molecule has 0 heterocycles. The summed E-state index contributed by atoms with van der Waals surface area (Å²) in [6.07, 6.45) is 0. The van der Waals surface area contributed by atoms with Crippen molar-refractivity contribution in [3.63, 3.8) is 0 Å². The summed E-state index contributed by atoms with van der Waals surface area (Å²) < 4.78 is 11.5. The summed E-state index contributed by atoms with van der Waals surface area (Å²) in [6, 6.07) is 26.3. The zero-order valence-corrected chi connectivity index (χ0v) is 14.4. The summed E-state index contributed by atoms with van der Waals surface area (Å²) in [6.45, 7) is 3.87. The molecule has 3 aromatic rings. The van der Waals surface area contributed by atoms with Crippen molar-refractivity contribution in [3.8, 4) is 11.5 Å². The molecule has 0 amide bonds. The highest BCUT2D eigenvalue weighted by Gasteiger charge is 2.03. The number of rotatable bonds is 8. The molecule has 1 N–H and O–H groups in total. The maximum Gasteiger partial charge on any atom is 0.142 e. The van der Waals surface area contributed by atoms with Gasteiger partial charge < -0.3 is 14.8 Å². The molecule has 0 aliphatic rings. The molecule has 3 nitrogen and oxygen atoms in total. The molecular weight excluding hydrogens is 310 g/mol. The van der Waals surface area contributed by atoms with E-state index in [4.69, 9.17) is 9.47 Å². The average molecular weight is 333 g/mol. The average Bonchev–Trinajstić information content (AvgIpc) is 2.66. The Bertz CT molecular complexity index is 770. The van der Waals surface area contributed by atoms with E-state index in [1.165, 1.54) is 11.1 Å². The Morgan fingerprint density at radius 1 is 0.720 bits per heavy atom. The molecule has 3 rings (SSSR count). The van der Waals surface area contributed by atoms with Crippen LogP contribution in [0, 0.1) is 6.92 Å². The van der Waals surface area contributed by atoms with Gasteiger partial charge in [0.15, 0.2) is 0 Å². The number of para-hydroxylation sites is 3. The molecule has 0 unspecified atom stereocenters. The molecule has 3 heteroatoms. The van der Waals surface area contributed by atoms with Crippen molar-refractivity contribution in [3.05, 3.63) is 90.0 Å². The zero-order chi connectivity index (χ0) is 17.3. The summed E-state index contributed by atoms with van der Waals surface area (Å²) in [5.41, 5.74) is 3.50. The lowest BCUT2D eigenvalue weighted by Crippen LogP contribution is -2.10. The summed E-state index contributed by atoms with van der Waals surface area (Å²) in [5, 5.41) is 3.44. The second-order valence-corrected chi connectivity index (χ2v) is 5.85. The van der Waals surface area contributed by atoms with Crippen LogP contribution in [0.25, 0.3) is 0 Å². The lowest BCUT2D eigenvalue weighted by molar-refractivity contribution is 0.218. The van der Waals surface area contributed by atoms with Gasteiger partial charge in [0.2, 0.25) is 0 Å². The van der Waals surface area contributed by atoms with E-state index in [1.54, 1.807) is 0 Å². The summed E-state index contributed by atoms with van der Waals surface area (Å²) in [7, 11) is 0. The first kappa shape index (κ1) is 16.9. The van der Waals surface area contributed by atoms with E-state index >= 15 is 0 Å². The number of hydrogen-bond acceptors (Lipinski definition) is 3. The van der Waals surface area contributed by atoms with Crippen LogP contribution >= 0.6 is 0 Å². The van der Waals surface area contributed by atoms with E-state index in [0.717, 1.165) is 23.7 Å². The molecule has 3 aromatic carbocycles. The molecule has 0 aliphatic heterocycles. The Kier molecular flexibility index (Phi) is 5.94. The van der Waals surface area contributed by atoms with E-state index < -0.39 is 0 Å². The van der Waals surface area contributed by atoms with Crippen LogP contribution in [0.1, 0.15) is 11.1 Å². The first-order valence-corrected chi connectivity index (χ1v) is 8.50. The number of anilines is 1. The first-order valence-electron chi connectivity index (χ1n) is 8.50. The van der Waals surface area contributed by atoms with Gasteiger partial charge in [-0.2, -0.15) is 0 Å². The molecule has 128 valence electrons. The van der Waals surface area contributed by atoms with Crippen LogP contribution in [-0.2, 0) is 6.54 Å². The minimum absolute atomic E-state index is 0.498. The van der Waals surface area contributed by atoms with E-state index in [1.807, 2.05) is 54.6 Å². The fourth-order valence-electron chi connectivity index (χ4n) is 2.47. The highest BCUT2D eigenvalue weighted by atomic mass is 16.5. The zero-order valence-electron chi connectivity index (χ0n) is 14.4. The van der Waals surface area contributed by atoms with Gasteiger partial charge in [0.25, 0.3) is 0 Å². The van der Waals surface area contributed by atoms with Gasteiger partial charge >= 0.3 is 0 Å². The number of nitrogens with one attached hydrogen (secondary N) is 1. The minimum Gasteiger partial charge on any atom is -0.490 e. The third-order valence-corrected chi connectivity index (χ3v) is 3.84. The van der Waals surface area contributed by atoms with Crippen LogP contribution in [0.4, 0.5) is 5.69 Å². The summed E-state index contributed by atoms with van der Waals surface area (Å²) in [4.78, 5) is 0. The highest BCUT2D eigenvalue weighted by molar-refractivity contribution is 5.56. The number of aryl methyl sites for hydroxylation is 1.